The van der Waals surface area contributed by atoms with E-state index in [9.17, 15) is 19.0 Å². The van der Waals surface area contributed by atoms with Crippen LogP contribution in [0.1, 0.15) is 136 Å². The molecular weight excluding hydrogens is 675 g/mol. The molecule has 294 valence electrons. The van der Waals surface area contributed by atoms with Crippen molar-refractivity contribution in [1.82, 2.24) is 0 Å². The van der Waals surface area contributed by atoms with Crippen LogP contribution in [0.25, 0.3) is 0 Å². The lowest BCUT2D eigenvalue weighted by molar-refractivity contribution is -0.160. The highest BCUT2D eigenvalue weighted by molar-refractivity contribution is 7.47. The summed E-state index contributed by atoms with van der Waals surface area (Å²) in [5.74, 6) is -0.968. The van der Waals surface area contributed by atoms with E-state index in [1.807, 2.05) is 12.2 Å². The number of carbonyl (C=O) groups excluding carboxylic acids is 2. The summed E-state index contributed by atoms with van der Waals surface area (Å²) in [6, 6.07) is 0. The molecule has 52 heavy (non-hydrogen) atoms. The van der Waals surface area contributed by atoms with Crippen molar-refractivity contribution >= 4 is 19.8 Å². The van der Waals surface area contributed by atoms with Gasteiger partial charge in [0.25, 0.3) is 0 Å². The summed E-state index contributed by atoms with van der Waals surface area (Å²) in [7, 11) is -4.31. The summed E-state index contributed by atoms with van der Waals surface area (Å²) in [6.45, 7) is 5.09. The first-order chi connectivity index (χ1) is 25.3. The lowest BCUT2D eigenvalue weighted by atomic mass is 10.1. The molecule has 1 N–H and O–H groups in total. The number of carbonyl (C=O) groups is 2. The van der Waals surface area contributed by atoms with Gasteiger partial charge in [-0.25, -0.2) is 4.57 Å². The number of phosphoric acid groups is 1. The first-order valence-electron chi connectivity index (χ1n) is 19.5. The summed E-state index contributed by atoms with van der Waals surface area (Å²) in [5, 5.41) is 0. The smallest absolute Gasteiger partial charge is 0.462 e. The average Bonchev–Trinajstić information content (AvgIpc) is 3.12. The number of hydrogen-bond donors (Lipinski definition) is 1. The molecule has 9 heteroatoms. The first-order valence-corrected chi connectivity index (χ1v) is 21.0. The van der Waals surface area contributed by atoms with E-state index in [-0.39, 0.29) is 26.1 Å². The second-order valence-corrected chi connectivity index (χ2v) is 13.7. The van der Waals surface area contributed by atoms with Crippen molar-refractivity contribution in [2.75, 3.05) is 19.8 Å². The highest BCUT2D eigenvalue weighted by Gasteiger charge is 2.25. The van der Waals surface area contributed by atoms with Crippen molar-refractivity contribution in [1.29, 1.82) is 0 Å². The van der Waals surface area contributed by atoms with Gasteiger partial charge in [0, 0.05) is 6.42 Å². The Morgan fingerprint density at radius 1 is 0.538 bits per heavy atom. The monoisotopic (exact) mass is 744 g/mol. The molecule has 0 spiro atoms. The van der Waals surface area contributed by atoms with Gasteiger partial charge < -0.3 is 14.4 Å². The predicted molar refractivity (Wildman–Crippen MR) is 216 cm³/mol. The van der Waals surface area contributed by atoms with Gasteiger partial charge in [-0.2, -0.15) is 0 Å². The predicted octanol–water partition coefficient (Wildman–Crippen LogP) is 12.1. The molecule has 0 saturated heterocycles. The van der Waals surface area contributed by atoms with Crippen molar-refractivity contribution in [2.24, 2.45) is 0 Å². The molecule has 0 heterocycles. The highest BCUT2D eigenvalue weighted by atomic mass is 31.2. The van der Waals surface area contributed by atoms with Gasteiger partial charge in [0.2, 0.25) is 0 Å². The number of unbranched alkanes of at least 4 members (excludes halogenated alkanes) is 7. The van der Waals surface area contributed by atoms with Crippen molar-refractivity contribution in [3.8, 4) is 0 Å². The fraction of sp³-hybridized carbons (Fsp3) is 0.581. The lowest BCUT2D eigenvalue weighted by Crippen LogP contribution is -2.29. The van der Waals surface area contributed by atoms with Crippen LogP contribution in [0.3, 0.4) is 0 Å². The van der Waals surface area contributed by atoms with Crippen LogP contribution in [-0.4, -0.2) is 42.8 Å². The van der Waals surface area contributed by atoms with Gasteiger partial charge in [0.15, 0.2) is 6.10 Å². The van der Waals surface area contributed by atoms with E-state index in [1.165, 1.54) is 19.3 Å². The number of hydrogen-bond acceptors (Lipinski definition) is 7. The number of allylic oxidation sites excluding steroid dienone is 15. The molecule has 8 nitrogen and oxygen atoms in total. The molecule has 0 saturated carbocycles. The van der Waals surface area contributed by atoms with E-state index in [0.29, 0.717) is 12.8 Å². The maximum absolute atomic E-state index is 12.5. The fourth-order valence-electron chi connectivity index (χ4n) is 4.66. The minimum atomic E-state index is -4.31. The minimum Gasteiger partial charge on any atom is -0.462 e. The van der Waals surface area contributed by atoms with E-state index in [0.717, 1.165) is 70.6 Å². The zero-order valence-corrected chi connectivity index (χ0v) is 33.3. The van der Waals surface area contributed by atoms with Crippen molar-refractivity contribution in [3.05, 3.63) is 97.2 Å². The molecule has 0 aliphatic heterocycles. The zero-order valence-electron chi connectivity index (χ0n) is 32.4. The first kappa shape index (κ1) is 49.0. The van der Waals surface area contributed by atoms with Crippen LogP contribution < -0.4 is 0 Å². The molecule has 0 bridgehead atoms. The molecule has 0 aromatic heterocycles. The molecule has 0 fully saturated rings. The quantitative estimate of drug-likeness (QED) is 0.0300. The zero-order chi connectivity index (χ0) is 38.2. The van der Waals surface area contributed by atoms with Crippen LogP contribution in [0.4, 0.5) is 0 Å². The molecule has 2 atom stereocenters. The normalized spacial score (nSPS) is 14.5. The van der Waals surface area contributed by atoms with Crippen molar-refractivity contribution in [2.45, 2.75) is 142 Å². The van der Waals surface area contributed by atoms with Gasteiger partial charge in [-0.15, -0.1) is 0 Å². The van der Waals surface area contributed by atoms with Crippen LogP contribution >= 0.6 is 7.82 Å². The molecule has 0 rings (SSSR count). The third kappa shape index (κ3) is 36.8. The SMILES string of the molecule is CC/C=C\C/C=C\C/C=C\C/C=C\C/C=C\CC(=O)OC(COC(=O)CCCCCCCCC/C=C\C/C=C\C/C=C\CC)COP(=O)(O)OCC. The number of rotatable bonds is 34. The molecule has 2 unspecified atom stereocenters. The van der Waals surface area contributed by atoms with Crippen LogP contribution in [0.5, 0.6) is 0 Å². The Kier molecular flexibility index (Phi) is 35.5. The van der Waals surface area contributed by atoms with E-state index >= 15 is 0 Å². The topological polar surface area (TPSA) is 108 Å². The average molecular weight is 745 g/mol. The fourth-order valence-corrected chi connectivity index (χ4v) is 5.41. The van der Waals surface area contributed by atoms with Crippen LogP contribution in [-0.2, 0) is 32.7 Å². The Morgan fingerprint density at radius 3 is 1.48 bits per heavy atom. The van der Waals surface area contributed by atoms with E-state index in [4.69, 9.17) is 18.5 Å². The Morgan fingerprint density at radius 2 is 0.981 bits per heavy atom. The number of ether oxygens (including phenoxy) is 2. The molecule has 0 amide bonds. The second kappa shape index (κ2) is 37.7. The molecule has 0 radical (unpaired) electrons. The largest absolute Gasteiger partial charge is 0.472 e. The van der Waals surface area contributed by atoms with Gasteiger partial charge in [-0.3, -0.25) is 18.6 Å². The van der Waals surface area contributed by atoms with E-state index in [1.54, 1.807) is 13.0 Å². The second-order valence-electron chi connectivity index (χ2n) is 12.2. The maximum atomic E-state index is 12.5. The summed E-state index contributed by atoms with van der Waals surface area (Å²) >= 11 is 0. The molecule has 0 aromatic rings. The van der Waals surface area contributed by atoms with Crippen LogP contribution in [0.15, 0.2) is 97.2 Å². The Labute approximate surface area is 316 Å². The lowest BCUT2D eigenvalue weighted by Gasteiger charge is -2.19. The standard InChI is InChI=1S/C43H69O8P/c1-4-7-9-11-13-15-17-19-21-22-24-25-27-29-31-33-35-37-42(44)48-39-41(40-50-52(46,47)49-6-3)51-43(45)38-36-34-32-30-28-26-23-20-18-16-14-12-10-8-5-2/h7-10,13-16,19-21,23,28,30,34,36,41H,4-6,11-12,17-18,22,24-27,29,31-33,35,37-40H2,1-3H3,(H,46,47)/b9-7-,10-8-,15-13-,16-14-,21-19-,23-20-,30-28-,36-34-. The third-order valence-corrected chi connectivity index (χ3v) is 8.48. The van der Waals surface area contributed by atoms with Crippen LogP contribution in [0.2, 0.25) is 0 Å². The Hall–Kier alpha value is -3.03. The molecule has 0 aliphatic rings. The van der Waals surface area contributed by atoms with E-state index < -0.39 is 32.5 Å². The Bertz CT molecular complexity index is 1160. The minimum absolute atomic E-state index is 0.00589. The van der Waals surface area contributed by atoms with Crippen molar-refractivity contribution in [3.63, 3.8) is 0 Å². The summed E-state index contributed by atoms with van der Waals surface area (Å²) in [4.78, 5) is 34.6. The third-order valence-electron chi connectivity index (χ3n) is 7.42. The van der Waals surface area contributed by atoms with Gasteiger partial charge in [-0.1, -0.05) is 143 Å². The van der Waals surface area contributed by atoms with Gasteiger partial charge in [-0.05, 0) is 77.6 Å². The van der Waals surface area contributed by atoms with Gasteiger partial charge in [0.05, 0.1) is 19.6 Å². The number of phosphoric ester groups is 1. The summed E-state index contributed by atoms with van der Waals surface area (Å²) in [5.41, 5.74) is 0. The maximum Gasteiger partial charge on any atom is 0.472 e. The summed E-state index contributed by atoms with van der Waals surface area (Å²) in [6.07, 6.45) is 49.2. The highest BCUT2D eigenvalue weighted by Crippen LogP contribution is 2.43. The molecule has 0 aliphatic carbocycles. The molecular formula is C43H69O8P. The van der Waals surface area contributed by atoms with Gasteiger partial charge in [0.1, 0.15) is 6.61 Å². The Balaban J connectivity index is 4.30. The van der Waals surface area contributed by atoms with E-state index in [2.05, 4.69) is 92.8 Å². The summed E-state index contributed by atoms with van der Waals surface area (Å²) < 4.78 is 32.4. The number of esters is 2. The van der Waals surface area contributed by atoms with Crippen molar-refractivity contribution < 1.29 is 37.6 Å². The molecule has 0 aromatic carbocycles. The van der Waals surface area contributed by atoms with Crippen LogP contribution in [0, 0.1) is 0 Å². The van der Waals surface area contributed by atoms with Gasteiger partial charge >= 0.3 is 19.8 Å².